The van der Waals surface area contributed by atoms with E-state index in [2.05, 4.69) is 204 Å². The first-order valence-corrected chi connectivity index (χ1v) is 20.3. The fourth-order valence-corrected chi connectivity index (χ4v) is 9.06. The maximum Gasteiger partial charge on any atom is 0.135 e. The van der Waals surface area contributed by atoms with Crippen molar-refractivity contribution in [3.05, 3.63) is 218 Å². The van der Waals surface area contributed by atoms with Gasteiger partial charge in [-0.2, -0.15) is 0 Å². The lowest BCUT2D eigenvalue weighted by molar-refractivity contribution is 0.668. The average molecular weight is 769 g/mol. The minimum absolute atomic E-state index is 0.863. The van der Waals surface area contributed by atoms with Gasteiger partial charge in [0.15, 0.2) is 0 Å². The van der Waals surface area contributed by atoms with E-state index in [9.17, 15) is 0 Å². The molecule has 0 atom stereocenters. The summed E-state index contributed by atoms with van der Waals surface area (Å²) in [5, 5.41) is 9.22. The van der Waals surface area contributed by atoms with Gasteiger partial charge in [0.1, 0.15) is 22.3 Å². The van der Waals surface area contributed by atoms with Gasteiger partial charge in [-0.3, -0.25) is 0 Å². The van der Waals surface area contributed by atoms with Crippen LogP contribution >= 0.6 is 0 Å². The quantitative estimate of drug-likeness (QED) is 0.151. The Balaban J connectivity index is 1.16. The predicted octanol–water partition coefficient (Wildman–Crippen LogP) is 16.4. The Labute approximate surface area is 346 Å². The van der Waals surface area contributed by atoms with Crippen molar-refractivity contribution in [2.75, 3.05) is 9.80 Å². The number of benzene rings is 10. The Morgan fingerprint density at radius 3 is 1.23 bits per heavy atom. The summed E-state index contributed by atoms with van der Waals surface area (Å²) in [6.07, 6.45) is 0. The minimum Gasteiger partial charge on any atom is -0.456 e. The van der Waals surface area contributed by atoms with E-state index < -0.39 is 0 Å². The zero-order valence-corrected chi connectivity index (χ0v) is 32.5. The molecule has 0 fully saturated rings. The molecule has 0 saturated carbocycles. The van der Waals surface area contributed by atoms with Crippen LogP contribution in [0.2, 0.25) is 0 Å². The zero-order chi connectivity index (χ0) is 39.6. The molecule has 0 N–H and O–H groups in total. The lowest BCUT2D eigenvalue weighted by Gasteiger charge is -2.30. The van der Waals surface area contributed by atoms with E-state index in [4.69, 9.17) is 8.83 Å². The molecular weight excluding hydrogens is 733 g/mol. The molecule has 4 nitrogen and oxygen atoms in total. The van der Waals surface area contributed by atoms with Gasteiger partial charge >= 0.3 is 0 Å². The van der Waals surface area contributed by atoms with Crippen LogP contribution in [-0.2, 0) is 0 Å². The van der Waals surface area contributed by atoms with Crippen LogP contribution in [-0.4, -0.2) is 0 Å². The molecule has 2 aromatic heterocycles. The van der Waals surface area contributed by atoms with Crippen molar-refractivity contribution in [3.63, 3.8) is 0 Å². The van der Waals surface area contributed by atoms with E-state index in [1.54, 1.807) is 0 Å². The fourth-order valence-electron chi connectivity index (χ4n) is 9.06. The topological polar surface area (TPSA) is 32.8 Å². The second-order valence-electron chi connectivity index (χ2n) is 15.3. The fraction of sp³-hybridized carbons (Fsp3) is 0. The molecule has 282 valence electrons. The summed E-state index contributed by atoms with van der Waals surface area (Å²) >= 11 is 0. The summed E-state index contributed by atoms with van der Waals surface area (Å²) < 4.78 is 12.6. The predicted molar refractivity (Wildman–Crippen MR) is 251 cm³/mol. The monoisotopic (exact) mass is 768 g/mol. The molecule has 0 radical (unpaired) electrons. The highest BCUT2D eigenvalue weighted by atomic mass is 16.3. The van der Waals surface area contributed by atoms with Gasteiger partial charge < -0.3 is 18.6 Å². The molecule has 0 saturated heterocycles. The summed E-state index contributed by atoms with van der Waals surface area (Å²) in [7, 11) is 0. The van der Waals surface area contributed by atoms with Crippen LogP contribution in [0, 0.1) is 0 Å². The molecule has 0 aliphatic carbocycles. The van der Waals surface area contributed by atoms with Crippen molar-refractivity contribution >= 4 is 99.5 Å². The van der Waals surface area contributed by atoms with Gasteiger partial charge in [0.2, 0.25) is 0 Å². The molecule has 2 heterocycles. The lowest BCUT2D eigenvalue weighted by atomic mass is 9.92. The van der Waals surface area contributed by atoms with Gasteiger partial charge in [-0.25, -0.2) is 0 Å². The number of rotatable bonds is 7. The highest BCUT2D eigenvalue weighted by molar-refractivity contribution is 6.14. The number of para-hydroxylation sites is 4. The Morgan fingerprint density at radius 1 is 0.250 bits per heavy atom. The number of anilines is 6. The summed E-state index contributed by atoms with van der Waals surface area (Å²) in [6.45, 7) is 0. The second-order valence-corrected chi connectivity index (χ2v) is 15.3. The maximum atomic E-state index is 6.32. The standard InChI is InChI=1S/C56H36N2O2/c1-3-16-39(17-4-1)57(41-27-29-55-51(35-41)48-23-11-13-25-53(48)59-55)43-31-38(50-33-37-15-7-8-20-45(37)46-21-9-10-22-47(46)50)32-44(34-43)58(40-18-5-2-6-19-40)42-28-30-56-52(36-42)49-24-12-14-26-54(49)60-56/h1-36H. The second kappa shape index (κ2) is 13.8. The Kier molecular flexibility index (Phi) is 7.82. The molecule has 10 aromatic carbocycles. The van der Waals surface area contributed by atoms with E-state index in [1.807, 2.05) is 24.3 Å². The van der Waals surface area contributed by atoms with Crippen molar-refractivity contribution < 1.29 is 8.83 Å². The molecule has 60 heavy (non-hydrogen) atoms. The molecule has 0 amide bonds. The highest BCUT2D eigenvalue weighted by Gasteiger charge is 2.22. The van der Waals surface area contributed by atoms with Crippen LogP contribution in [0.15, 0.2) is 227 Å². The molecule has 0 bridgehead atoms. The highest BCUT2D eigenvalue weighted by Crippen LogP contribution is 2.46. The van der Waals surface area contributed by atoms with E-state index >= 15 is 0 Å². The van der Waals surface area contributed by atoms with E-state index in [1.165, 1.54) is 27.1 Å². The van der Waals surface area contributed by atoms with Crippen molar-refractivity contribution in [1.29, 1.82) is 0 Å². The number of furan rings is 2. The molecular formula is C56H36N2O2. The summed E-state index contributed by atoms with van der Waals surface area (Å²) in [5.41, 5.74) is 12.0. The summed E-state index contributed by atoms with van der Waals surface area (Å²) in [4.78, 5) is 4.74. The Morgan fingerprint density at radius 2 is 0.683 bits per heavy atom. The summed E-state index contributed by atoms with van der Waals surface area (Å²) in [5.74, 6) is 0. The van der Waals surface area contributed by atoms with Gasteiger partial charge in [0.25, 0.3) is 0 Å². The van der Waals surface area contributed by atoms with Crippen LogP contribution in [0.3, 0.4) is 0 Å². The number of nitrogens with zero attached hydrogens (tertiary/aromatic N) is 2. The number of hydrogen-bond donors (Lipinski definition) is 0. The van der Waals surface area contributed by atoms with Crippen LogP contribution < -0.4 is 9.80 Å². The van der Waals surface area contributed by atoms with Gasteiger partial charge in [-0.1, -0.05) is 121 Å². The first-order valence-electron chi connectivity index (χ1n) is 20.3. The minimum atomic E-state index is 0.863. The maximum absolute atomic E-state index is 6.32. The Hall–Kier alpha value is -8.08. The summed E-state index contributed by atoms with van der Waals surface area (Å²) in [6, 6.07) is 77.8. The molecule has 0 aliphatic rings. The lowest BCUT2D eigenvalue weighted by Crippen LogP contribution is -2.13. The largest absolute Gasteiger partial charge is 0.456 e. The number of fused-ring (bicyclic) bond motifs is 9. The zero-order valence-electron chi connectivity index (χ0n) is 32.5. The third kappa shape index (κ3) is 5.61. The van der Waals surface area contributed by atoms with Crippen LogP contribution in [0.4, 0.5) is 34.1 Å². The SMILES string of the molecule is c1ccc(N(c2cc(-c3cc4ccccc4c4ccccc34)cc(N(c3ccccc3)c3ccc4oc5ccccc5c4c3)c2)c2ccc3oc4ccccc4c3c2)cc1. The van der Waals surface area contributed by atoms with Gasteiger partial charge in [0, 0.05) is 55.7 Å². The van der Waals surface area contributed by atoms with Crippen molar-refractivity contribution in [3.8, 4) is 11.1 Å². The van der Waals surface area contributed by atoms with E-state index in [-0.39, 0.29) is 0 Å². The van der Waals surface area contributed by atoms with E-state index in [0.717, 1.165) is 83.6 Å². The van der Waals surface area contributed by atoms with Crippen LogP contribution in [0.5, 0.6) is 0 Å². The van der Waals surface area contributed by atoms with E-state index in [0.29, 0.717) is 0 Å². The first-order chi connectivity index (χ1) is 29.7. The molecule has 4 heteroatoms. The molecule has 12 aromatic rings. The smallest absolute Gasteiger partial charge is 0.135 e. The van der Waals surface area contributed by atoms with Crippen molar-refractivity contribution in [2.45, 2.75) is 0 Å². The van der Waals surface area contributed by atoms with Crippen molar-refractivity contribution in [2.24, 2.45) is 0 Å². The molecule has 0 unspecified atom stereocenters. The van der Waals surface area contributed by atoms with Gasteiger partial charge in [-0.05, 0) is 130 Å². The van der Waals surface area contributed by atoms with Crippen molar-refractivity contribution in [1.82, 2.24) is 0 Å². The molecule has 12 rings (SSSR count). The third-order valence-corrected chi connectivity index (χ3v) is 11.8. The number of hydrogen-bond acceptors (Lipinski definition) is 4. The average Bonchev–Trinajstić information content (AvgIpc) is 3.88. The van der Waals surface area contributed by atoms with Crippen LogP contribution in [0.1, 0.15) is 0 Å². The molecule has 0 aliphatic heterocycles. The Bertz CT molecular complexity index is 3390. The van der Waals surface area contributed by atoms with Gasteiger partial charge in [0.05, 0.1) is 0 Å². The normalized spacial score (nSPS) is 11.7. The van der Waals surface area contributed by atoms with Crippen LogP contribution in [0.25, 0.3) is 76.5 Å². The molecule has 0 spiro atoms. The van der Waals surface area contributed by atoms with Gasteiger partial charge in [-0.15, -0.1) is 0 Å². The third-order valence-electron chi connectivity index (χ3n) is 11.8. The first kappa shape index (κ1) is 34.0.